The molecular formula is C12H23NO4Si. The third-order valence-electron chi connectivity index (χ3n) is 4.22. The number of nitrogens with zero attached hydrogens (tertiary/aromatic N) is 1. The molecule has 0 aromatic carbocycles. The Kier molecular flexibility index (Phi) is 3.80. The first kappa shape index (κ1) is 14.0. The molecule has 0 bridgehead atoms. The SMILES string of the molecule is C[Si](C)(C)[C@@H]1C[C@@H](C[N+](=O)[O-])CC2(C1)OCCO2. The Morgan fingerprint density at radius 2 is 1.89 bits per heavy atom. The van der Waals surface area contributed by atoms with Crippen molar-refractivity contribution in [1.29, 1.82) is 0 Å². The monoisotopic (exact) mass is 273 g/mol. The van der Waals surface area contributed by atoms with Crippen molar-refractivity contribution in [2.45, 2.75) is 50.2 Å². The van der Waals surface area contributed by atoms with Crippen LogP contribution in [0.15, 0.2) is 0 Å². The molecule has 1 spiro atoms. The molecule has 1 heterocycles. The van der Waals surface area contributed by atoms with Crippen molar-refractivity contribution in [1.82, 2.24) is 0 Å². The van der Waals surface area contributed by atoms with Gasteiger partial charge in [0.05, 0.1) is 13.2 Å². The molecule has 1 aliphatic carbocycles. The smallest absolute Gasteiger partial charge is 0.206 e. The van der Waals surface area contributed by atoms with Crippen LogP contribution < -0.4 is 0 Å². The van der Waals surface area contributed by atoms with Crippen molar-refractivity contribution < 1.29 is 14.4 Å². The lowest BCUT2D eigenvalue weighted by atomic mass is 9.84. The quantitative estimate of drug-likeness (QED) is 0.450. The van der Waals surface area contributed by atoms with Crippen LogP contribution in [0.2, 0.25) is 25.2 Å². The standard InChI is InChI=1S/C12H23NO4Si/c1-18(2,3)11-6-10(9-13(14)15)7-12(8-11)16-4-5-17-12/h10-11H,4-9H2,1-3H3/t10-,11-/m1/s1. The van der Waals surface area contributed by atoms with Crippen LogP contribution in [-0.4, -0.2) is 38.5 Å². The summed E-state index contributed by atoms with van der Waals surface area (Å²) < 4.78 is 11.6. The van der Waals surface area contributed by atoms with E-state index < -0.39 is 13.9 Å². The molecule has 2 aliphatic rings. The Morgan fingerprint density at radius 3 is 2.39 bits per heavy atom. The van der Waals surface area contributed by atoms with Gasteiger partial charge < -0.3 is 9.47 Å². The van der Waals surface area contributed by atoms with Gasteiger partial charge in [-0.2, -0.15) is 0 Å². The minimum atomic E-state index is -1.33. The molecular weight excluding hydrogens is 250 g/mol. The van der Waals surface area contributed by atoms with Gasteiger partial charge in [0.25, 0.3) is 0 Å². The molecule has 2 atom stereocenters. The normalized spacial score (nSPS) is 31.7. The Morgan fingerprint density at radius 1 is 1.28 bits per heavy atom. The van der Waals surface area contributed by atoms with Crippen molar-refractivity contribution in [2.75, 3.05) is 19.8 Å². The van der Waals surface area contributed by atoms with E-state index in [2.05, 4.69) is 19.6 Å². The second-order valence-corrected chi connectivity index (χ2v) is 12.2. The van der Waals surface area contributed by atoms with Crippen molar-refractivity contribution in [3.8, 4) is 0 Å². The molecule has 0 unspecified atom stereocenters. The largest absolute Gasteiger partial charge is 0.348 e. The van der Waals surface area contributed by atoms with Gasteiger partial charge in [0.2, 0.25) is 6.54 Å². The van der Waals surface area contributed by atoms with Crippen molar-refractivity contribution in [2.24, 2.45) is 5.92 Å². The van der Waals surface area contributed by atoms with Gasteiger partial charge >= 0.3 is 0 Å². The fraction of sp³-hybridized carbons (Fsp3) is 1.00. The molecule has 0 aromatic rings. The molecule has 1 aliphatic heterocycles. The van der Waals surface area contributed by atoms with Gasteiger partial charge in [-0.15, -0.1) is 0 Å². The van der Waals surface area contributed by atoms with Crippen LogP contribution in [0.25, 0.3) is 0 Å². The van der Waals surface area contributed by atoms with Crippen LogP contribution in [0.5, 0.6) is 0 Å². The average Bonchev–Trinajstić information content (AvgIpc) is 2.63. The zero-order valence-corrected chi connectivity index (χ0v) is 12.5. The molecule has 1 saturated carbocycles. The van der Waals surface area contributed by atoms with E-state index in [9.17, 15) is 10.1 Å². The molecule has 0 N–H and O–H groups in total. The molecule has 6 heteroatoms. The maximum absolute atomic E-state index is 10.8. The minimum Gasteiger partial charge on any atom is -0.348 e. The molecule has 2 fully saturated rings. The van der Waals surface area contributed by atoms with Crippen LogP contribution in [0.4, 0.5) is 0 Å². The number of nitro groups is 1. The van der Waals surface area contributed by atoms with E-state index in [1.807, 2.05) is 0 Å². The maximum Gasteiger partial charge on any atom is 0.206 e. The van der Waals surface area contributed by atoms with E-state index in [1.165, 1.54) is 0 Å². The van der Waals surface area contributed by atoms with E-state index in [4.69, 9.17) is 9.47 Å². The predicted octanol–water partition coefficient (Wildman–Crippen LogP) is 2.51. The zero-order valence-electron chi connectivity index (χ0n) is 11.5. The number of hydrogen-bond acceptors (Lipinski definition) is 4. The van der Waals surface area contributed by atoms with E-state index in [1.54, 1.807) is 0 Å². The zero-order chi connectivity index (χ0) is 13.4. The highest BCUT2D eigenvalue weighted by molar-refractivity contribution is 6.77. The van der Waals surface area contributed by atoms with Gasteiger partial charge in [-0.3, -0.25) is 10.1 Å². The van der Waals surface area contributed by atoms with Crippen LogP contribution in [-0.2, 0) is 9.47 Å². The first-order valence-corrected chi connectivity index (χ1v) is 10.3. The summed E-state index contributed by atoms with van der Waals surface area (Å²) in [5, 5.41) is 10.8. The van der Waals surface area contributed by atoms with Gasteiger partial charge in [-0.25, -0.2) is 0 Å². The summed E-state index contributed by atoms with van der Waals surface area (Å²) in [5.41, 5.74) is 0.550. The van der Waals surface area contributed by atoms with E-state index in [-0.39, 0.29) is 17.4 Å². The molecule has 0 aromatic heterocycles. The lowest BCUT2D eigenvalue weighted by Gasteiger charge is -2.43. The summed E-state index contributed by atoms with van der Waals surface area (Å²) in [6.07, 6.45) is 2.58. The van der Waals surface area contributed by atoms with Gasteiger partial charge in [-0.05, 0) is 12.0 Å². The maximum atomic E-state index is 10.8. The highest BCUT2D eigenvalue weighted by Crippen LogP contribution is 2.48. The lowest BCUT2D eigenvalue weighted by molar-refractivity contribution is -0.490. The fourth-order valence-corrected chi connectivity index (χ4v) is 5.17. The molecule has 2 rings (SSSR count). The summed E-state index contributed by atoms with van der Waals surface area (Å²) in [7, 11) is -1.33. The van der Waals surface area contributed by atoms with Crippen molar-refractivity contribution in [3.63, 3.8) is 0 Å². The third-order valence-corrected chi connectivity index (χ3v) is 7.11. The Balaban J connectivity index is 2.12. The van der Waals surface area contributed by atoms with Crippen LogP contribution in [0, 0.1) is 16.0 Å². The second kappa shape index (κ2) is 4.90. The molecule has 1 saturated heterocycles. The average molecular weight is 273 g/mol. The minimum absolute atomic E-state index is 0.0510. The Bertz CT molecular complexity index is 323. The van der Waals surface area contributed by atoms with E-state index in [0.717, 1.165) is 12.8 Å². The van der Waals surface area contributed by atoms with E-state index >= 15 is 0 Å². The first-order valence-electron chi connectivity index (χ1n) is 6.70. The summed E-state index contributed by atoms with van der Waals surface area (Å²) >= 11 is 0. The highest BCUT2D eigenvalue weighted by Gasteiger charge is 2.49. The third kappa shape index (κ3) is 3.10. The van der Waals surface area contributed by atoms with Gasteiger partial charge in [0.1, 0.15) is 0 Å². The summed E-state index contributed by atoms with van der Waals surface area (Å²) in [6, 6.07) is 0. The van der Waals surface area contributed by atoms with Gasteiger partial charge in [0.15, 0.2) is 5.79 Å². The summed E-state index contributed by atoms with van der Waals surface area (Å²) in [6.45, 7) is 8.29. The number of hydrogen-bond donors (Lipinski definition) is 0. The summed E-state index contributed by atoms with van der Waals surface area (Å²) in [5.74, 6) is -0.410. The van der Waals surface area contributed by atoms with Gasteiger partial charge in [0, 0.05) is 31.8 Å². The highest BCUT2D eigenvalue weighted by atomic mass is 28.3. The molecule has 18 heavy (non-hydrogen) atoms. The van der Waals surface area contributed by atoms with Crippen molar-refractivity contribution in [3.05, 3.63) is 10.1 Å². The van der Waals surface area contributed by atoms with Crippen molar-refractivity contribution >= 4 is 8.07 Å². The topological polar surface area (TPSA) is 61.6 Å². The number of rotatable bonds is 3. The lowest BCUT2D eigenvalue weighted by Crippen LogP contribution is -2.46. The van der Waals surface area contributed by atoms with Crippen LogP contribution in [0.1, 0.15) is 19.3 Å². The Hall–Kier alpha value is -0.463. The summed E-state index contributed by atoms with van der Waals surface area (Å²) in [4.78, 5) is 10.6. The second-order valence-electron chi connectivity index (χ2n) is 6.70. The van der Waals surface area contributed by atoms with Gasteiger partial charge in [-0.1, -0.05) is 19.6 Å². The fourth-order valence-electron chi connectivity index (χ4n) is 3.21. The number of ether oxygens (including phenoxy) is 2. The molecule has 0 radical (unpaired) electrons. The Labute approximate surface area is 109 Å². The predicted molar refractivity (Wildman–Crippen MR) is 70.9 cm³/mol. The van der Waals surface area contributed by atoms with E-state index in [0.29, 0.717) is 25.2 Å². The molecule has 5 nitrogen and oxygen atoms in total. The first-order chi connectivity index (χ1) is 8.31. The molecule has 0 amide bonds. The molecule has 104 valence electrons. The van der Waals surface area contributed by atoms with Crippen LogP contribution in [0.3, 0.4) is 0 Å². The van der Waals surface area contributed by atoms with Crippen LogP contribution >= 0.6 is 0 Å².